The fraction of sp³-hybridized carbons (Fsp3) is 0.167. The molecule has 0 fully saturated rings. The lowest BCUT2D eigenvalue weighted by atomic mass is 9.89. The van der Waals surface area contributed by atoms with Crippen molar-refractivity contribution in [3.63, 3.8) is 0 Å². The van der Waals surface area contributed by atoms with Gasteiger partial charge in [0, 0.05) is 16.3 Å². The quantitative estimate of drug-likeness (QED) is 0.621. The zero-order valence-electron chi connectivity index (χ0n) is 11.6. The van der Waals surface area contributed by atoms with Crippen LogP contribution < -0.4 is 0 Å². The Morgan fingerprint density at radius 2 is 1.81 bits per heavy atom. The van der Waals surface area contributed by atoms with Gasteiger partial charge in [0.15, 0.2) is 0 Å². The molecule has 2 N–H and O–H groups in total. The van der Waals surface area contributed by atoms with E-state index in [-0.39, 0.29) is 0 Å². The second-order valence-electron chi connectivity index (χ2n) is 5.51. The Hall–Kier alpha value is -2.23. The number of nitrogens with zero attached hydrogens (tertiary/aromatic N) is 1. The molecule has 2 unspecified atom stereocenters. The van der Waals surface area contributed by atoms with Crippen molar-refractivity contribution >= 4 is 27.9 Å². The van der Waals surface area contributed by atoms with Crippen LogP contribution in [0, 0.1) is 6.92 Å². The molecule has 21 heavy (non-hydrogen) atoms. The maximum atomic E-state index is 10.3. The molecule has 0 saturated heterocycles. The standard InChI is InChI=1S/C18H15NO2/c1-10-12-4-2-3-5-14(12)19-17-13(10)8-6-11-7-9-15(20)18(21)16(11)17/h2-9,15,18,20-21H,1H3. The number of pyridine rings is 1. The number of fused-ring (bicyclic) bond motifs is 4. The van der Waals surface area contributed by atoms with E-state index < -0.39 is 12.2 Å². The second kappa shape index (κ2) is 4.38. The highest BCUT2D eigenvalue weighted by molar-refractivity contribution is 5.99. The minimum Gasteiger partial charge on any atom is -0.386 e. The van der Waals surface area contributed by atoms with Crippen LogP contribution in [0.4, 0.5) is 0 Å². The van der Waals surface area contributed by atoms with Crippen LogP contribution in [-0.2, 0) is 0 Å². The Kier molecular flexibility index (Phi) is 2.61. The van der Waals surface area contributed by atoms with Gasteiger partial charge in [0.1, 0.15) is 12.2 Å². The van der Waals surface area contributed by atoms with E-state index >= 15 is 0 Å². The molecular formula is C18H15NO2. The largest absolute Gasteiger partial charge is 0.386 e. The SMILES string of the molecule is Cc1c2ccccc2nc2c3c(ccc12)C=CC(O)C3O. The summed E-state index contributed by atoms with van der Waals surface area (Å²) in [6.45, 7) is 2.07. The minimum atomic E-state index is -0.929. The summed E-state index contributed by atoms with van der Waals surface area (Å²) in [4.78, 5) is 4.73. The first-order valence-corrected chi connectivity index (χ1v) is 7.03. The van der Waals surface area contributed by atoms with Gasteiger partial charge in [0.25, 0.3) is 0 Å². The molecule has 0 spiro atoms. The maximum Gasteiger partial charge on any atom is 0.111 e. The molecular weight excluding hydrogens is 262 g/mol. The number of aryl methyl sites for hydroxylation is 1. The summed E-state index contributed by atoms with van der Waals surface area (Å²) in [6, 6.07) is 12.0. The average molecular weight is 277 g/mol. The topological polar surface area (TPSA) is 53.4 Å². The van der Waals surface area contributed by atoms with Gasteiger partial charge in [0.2, 0.25) is 0 Å². The number of hydrogen-bond acceptors (Lipinski definition) is 3. The molecule has 0 radical (unpaired) electrons. The zero-order valence-corrected chi connectivity index (χ0v) is 11.6. The highest BCUT2D eigenvalue weighted by Gasteiger charge is 2.25. The van der Waals surface area contributed by atoms with Gasteiger partial charge in [-0.2, -0.15) is 0 Å². The zero-order chi connectivity index (χ0) is 14.6. The van der Waals surface area contributed by atoms with Gasteiger partial charge in [-0.25, -0.2) is 4.98 Å². The maximum absolute atomic E-state index is 10.3. The number of rotatable bonds is 0. The van der Waals surface area contributed by atoms with Gasteiger partial charge in [-0.3, -0.25) is 0 Å². The van der Waals surface area contributed by atoms with Crippen molar-refractivity contribution in [2.75, 3.05) is 0 Å². The van der Waals surface area contributed by atoms with Crippen LogP contribution in [0.1, 0.15) is 22.8 Å². The summed E-state index contributed by atoms with van der Waals surface area (Å²) >= 11 is 0. The van der Waals surface area contributed by atoms with Gasteiger partial charge >= 0.3 is 0 Å². The van der Waals surface area contributed by atoms with Crippen molar-refractivity contribution in [1.82, 2.24) is 4.98 Å². The highest BCUT2D eigenvalue weighted by atomic mass is 16.3. The lowest BCUT2D eigenvalue weighted by Crippen LogP contribution is -2.20. The molecule has 0 amide bonds. The third-order valence-electron chi connectivity index (χ3n) is 4.29. The van der Waals surface area contributed by atoms with E-state index in [0.717, 1.165) is 38.5 Å². The number of para-hydroxylation sites is 1. The van der Waals surface area contributed by atoms with Crippen LogP contribution in [0.3, 0.4) is 0 Å². The summed E-state index contributed by atoms with van der Waals surface area (Å²) in [6.07, 6.45) is 1.66. The van der Waals surface area contributed by atoms with Crippen LogP contribution >= 0.6 is 0 Å². The molecule has 2 aromatic carbocycles. The summed E-state index contributed by atoms with van der Waals surface area (Å²) in [5.74, 6) is 0. The molecule has 3 nitrogen and oxygen atoms in total. The molecule has 2 atom stereocenters. The normalized spacial score (nSPS) is 20.9. The van der Waals surface area contributed by atoms with E-state index in [1.165, 1.54) is 0 Å². The van der Waals surface area contributed by atoms with Gasteiger partial charge in [-0.1, -0.05) is 42.5 Å². The number of benzene rings is 2. The molecule has 1 aliphatic rings. The first kappa shape index (κ1) is 12.5. The highest BCUT2D eigenvalue weighted by Crippen LogP contribution is 2.36. The third kappa shape index (κ3) is 1.71. The average Bonchev–Trinajstić information content (AvgIpc) is 2.51. The van der Waals surface area contributed by atoms with Crippen molar-refractivity contribution in [1.29, 1.82) is 0 Å². The van der Waals surface area contributed by atoms with Crippen molar-refractivity contribution in [2.24, 2.45) is 0 Å². The van der Waals surface area contributed by atoms with Crippen molar-refractivity contribution in [2.45, 2.75) is 19.1 Å². The third-order valence-corrected chi connectivity index (χ3v) is 4.29. The molecule has 1 heterocycles. The first-order chi connectivity index (χ1) is 10.2. The van der Waals surface area contributed by atoms with Gasteiger partial charge in [-0.05, 0) is 24.1 Å². The van der Waals surface area contributed by atoms with E-state index in [1.807, 2.05) is 36.4 Å². The van der Waals surface area contributed by atoms with Crippen LogP contribution in [-0.4, -0.2) is 21.3 Å². The minimum absolute atomic E-state index is 0.719. The Balaban J connectivity index is 2.18. The fourth-order valence-electron chi connectivity index (χ4n) is 3.13. The smallest absolute Gasteiger partial charge is 0.111 e. The number of aliphatic hydroxyl groups excluding tert-OH is 2. The van der Waals surface area contributed by atoms with Crippen LogP contribution in [0.5, 0.6) is 0 Å². The number of hydrogen-bond donors (Lipinski definition) is 2. The van der Waals surface area contributed by atoms with E-state index in [0.29, 0.717) is 0 Å². The molecule has 3 aromatic rings. The van der Waals surface area contributed by atoms with E-state index in [9.17, 15) is 10.2 Å². The Morgan fingerprint density at radius 1 is 1.00 bits per heavy atom. The molecule has 104 valence electrons. The van der Waals surface area contributed by atoms with Crippen molar-refractivity contribution < 1.29 is 10.2 Å². The van der Waals surface area contributed by atoms with E-state index in [2.05, 4.69) is 13.0 Å². The molecule has 0 bridgehead atoms. The van der Waals surface area contributed by atoms with Crippen molar-refractivity contribution in [3.05, 3.63) is 59.2 Å². The molecule has 1 aromatic heterocycles. The van der Waals surface area contributed by atoms with Crippen LogP contribution in [0.15, 0.2) is 42.5 Å². The fourth-order valence-corrected chi connectivity index (χ4v) is 3.13. The van der Waals surface area contributed by atoms with Crippen molar-refractivity contribution in [3.8, 4) is 0 Å². The van der Waals surface area contributed by atoms with Crippen LogP contribution in [0.2, 0.25) is 0 Å². The molecule has 0 aliphatic heterocycles. The Bertz CT molecular complexity index is 898. The summed E-state index contributed by atoms with van der Waals surface area (Å²) in [5, 5.41) is 22.4. The van der Waals surface area contributed by atoms with E-state index in [4.69, 9.17) is 4.98 Å². The van der Waals surface area contributed by atoms with E-state index in [1.54, 1.807) is 6.08 Å². The predicted octanol–water partition coefficient (Wildman–Crippen LogP) is 3.12. The molecule has 4 rings (SSSR count). The summed E-state index contributed by atoms with van der Waals surface area (Å²) in [5.41, 5.74) is 4.47. The Labute approximate surface area is 122 Å². The Morgan fingerprint density at radius 3 is 2.67 bits per heavy atom. The molecule has 3 heteroatoms. The molecule has 1 aliphatic carbocycles. The number of aliphatic hydroxyl groups is 2. The summed E-state index contributed by atoms with van der Waals surface area (Å²) < 4.78 is 0. The van der Waals surface area contributed by atoms with Gasteiger partial charge < -0.3 is 10.2 Å². The lowest BCUT2D eigenvalue weighted by Gasteiger charge is -2.23. The number of aromatic nitrogens is 1. The molecule has 0 saturated carbocycles. The first-order valence-electron chi connectivity index (χ1n) is 7.03. The van der Waals surface area contributed by atoms with Crippen LogP contribution in [0.25, 0.3) is 27.9 Å². The predicted molar refractivity (Wildman–Crippen MR) is 84.0 cm³/mol. The monoisotopic (exact) mass is 277 g/mol. The van der Waals surface area contributed by atoms with Gasteiger partial charge in [0.05, 0.1) is 11.0 Å². The second-order valence-corrected chi connectivity index (χ2v) is 5.51. The van der Waals surface area contributed by atoms with Gasteiger partial charge in [-0.15, -0.1) is 0 Å². The summed E-state index contributed by atoms with van der Waals surface area (Å²) in [7, 11) is 0. The lowest BCUT2D eigenvalue weighted by molar-refractivity contribution is 0.0479.